The van der Waals surface area contributed by atoms with Crippen molar-refractivity contribution in [2.75, 3.05) is 13.7 Å². The van der Waals surface area contributed by atoms with Gasteiger partial charge in [-0.15, -0.1) is 6.58 Å². The van der Waals surface area contributed by atoms with E-state index in [1.165, 1.54) is 21.0 Å². The normalized spacial score (nSPS) is 25.4. The number of halogens is 2. The van der Waals surface area contributed by atoms with Crippen molar-refractivity contribution in [3.05, 3.63) is 35.8 Å². The molecule has 0 saturated heterocycles. The predicted octanol–water partition coefficient (Wildman–Crippen LogP) is 5.04. The molecule has 0 amide bonds. The Kier molecular flexibility index (Phi) is 6.76. The smallest absolute Gasteiger partial charge is 0.199 e. The van der Waals surface area contributed by atoms with Gasteiger partial charge >= 0.3 is 0 Å². The van der Waals surface area contributed by atoms with E-state index in [1.54, 1.807) is 0 Å². The van der Waals surface area contributed by atoms with Crippen LogP contribution in [0.2, 0.25) is 0 Å². The maximum Gasteiger partial charge on any atom is 0.199 e. The summed E-state index contributed by atoms with van der Waals surface area (Å²) in [6.07, 6.45) is 6.28. The van der Waals surface area contributed by atoms with Crippen molar-refractivity contribution in [3.8, 4) is 0 Å². The molecular formula is C16H24F2O2. The molecule has 1 aliphatic rings. The minimum absolute atomic E-state index is 0.0234. The van der Waals surface area contributed by atoms with Crippen molar-refractivity contribution in [1.29, 1.82) is 0 Å². The van der Waals surface area contributed by atoms with Crippen LogP contribution < -0.4 is 0 Å². The molecule has 2 nitrogen and oxygen atoms in total. The largest absolute Gasteiger partial charge is 0.498 e. The Hall–Kier alpha value is -1.32. The van der Waals surface area contributed by atoms with E-state index in [1.807, 2.05) is 6.08 Å². The Balaban J connectivity index is 2.51. The third kappa shape index (κ3) is 4.66. The van der Waals surface area contributed by atoms with Crippen LogP contribution in [-0.4, -0.2) is 13.7 Å². The number of hydrogen-bond donors (Lipinski definition) is 0. The van der Waals surface area contributed by atoms with Crippen molar-refractivity contribution in [2.45, 2.75) is 39.5 Å². The summed E-state index contributed by atoms with van der Waals surface area (Å²) in [5.74, 6) is -1.10. The topological polar surface area (TPSA) is 18.5 Å². The van der Waals surface area contributed by atoms with Crippen LogP contribution in [0, 0.1) is 11.8 Å². The van der Waals surface area contributed by atoms with Gasteiger partial charge in [0.1, 0.15) is 11.5 Å². The van der Waals surface area contributed by atoms with Gasteiger partial charge in [0, 0.05) is 0 Å². The molecule has 1 fully saturated rings. The lowest BCUT2D eigenvalue weighted by molar-refractivity contribution is 0.129. The van der Waals surface area contributed by atoms with Gasteiger partial charge in [-0.25, -0.2) is 0 Å². The van der Waals surface area contributed by atoms with Gasteiger partial charge in [0.05, 0.1) is 13.7 Å². The fraction of sp³-hybridized carbons (Fsp3) is 0.625. The fourth-order valence-electron chi connectivity index (χ4n) is 2.30. The zero-order chi connectivity index (χ0) is 15.1. The van der Waals surface area contributed by atoms with Gasteiger partial charge in [-0.3, -0.25) is 0 Å². The molecule has 0 atom stereocenters. The average Bonchev–Trinajstić information content (AvgIpc) is 2.50. The van der Waals surface area contributed by atoms with Gasteiger partial charge in [0.2, 0.25) is 0 Å². The second-order valence-corrected chi connectivity index (χ2v) is 5.27. The molecule has 0 aromatic carbocycles. The van der Waals surface area contributed by atoms with Gasteiger partial charge in [0.25, 0.3) is 0 Å². The molecule has 20 heavy (non-hydrogen) atoms. The van der Waals surface area contributed by atoms with Gasteiger partial charge in [-0.1, -0.05) is 6.08 Å². The van der Waals surface area contributed by atoms with Crippen molar-refractivity contribution < 1.29 is 18.3 Å². The molecule has 0 radical (unpaired) electrons. The Morgan fingerprint density at radius 3 is 2.15 bits per heavy atom. The summed E-state index contributed by atoms with van der Waals surface area (Å²) in [5, 5.41) is 0. The second-order valence-electron chi connectivity index (χ2n) is 5.27. The fourth-order valence-corrected chi connectivity index (χ4v) is 2.30. The molecule has 114 valence electrons. The molecule has 0 aromatic rings. The number of methoxy groups -OCH3 is 1. The standard InChI is InChI=1S/C16H24F2O2/c1-5-13-6-8-14(9-7-13)10-20-12(3)16(18)15(17)11(2)19-4/h5,13-14H,1,6-10H2,2-4H3/b15-11-,16-12-. The summed E-state index contributed by atoms with van der Waals surface area (Å²) < 4.78 is 37.3. The van der Waals surface area contributed by atoms with Gasteiger partial charge in [-0.05, 0) is 51.4 Å². The molecule has 1 rings (SSSR count). The number of rotatable bonds is 6. The van der Waals surface area contributed by atoms with Crippen LogP contribution in [-0.2, 0) is 9.47 Å². The highest BCUT2D eigenvalue weighted by Gasteiger charge is 2.20. The molecule has 0 spiro atoms. The van der Waals surface area contributed by atoms with E-state index >= 15 is 0 Å². The van der Waals surface area contributed by atoms with E-state index in [0.717, 1.165) is 25.7 Å². The van der Waals surface area contributed by atoms with Crippen molar-refractivity contribution in [3.63, 3.8) is 0 Å². The number of allylic oxidation sites excluding steroid dienone is 5. The lowest BCUT2D eigenvalue weighted by Gasteiger charge is -2.26. The summed E-state index contributed by atoms with van der Waals surface area (Å²) in [6.45, 7) is 7.05. The van der Waals surface area contributed by atoms with Crippen LogP contribution in [0.4, 0.5) is 8.78 Å². The Morgan fingerprint density at radius 1 is 1.10 bits per heavy atom. The third-order valence-corrected chi connectivity index (χ3v) is 3.88. The maximum atomic E-state index is 13.7. The molecular weight excluding hydrogens is 262 g/mol. The van der Waals surface area contributed by atoms with E-state index in [0.29, 0.717) is 18.4 Å². The van der Waals surface area contributed by atoms with Crippen LogP contribution in [0.3, 0.4) is 0 Å². The van der Waals surface area contributed by atoms with E-state index in [9.17, 15) is 8.78 Å². The highest BCUT2D eigenvalue weighted by atomic mass is 19.2. The van der Waals surface area contributed by atoms with Gasteiger partial charge in [-0.2, -0.15) is 8.78 Å². The monoisotopic (exact) mass is 286 g/mol. The van der Waals surface area contributed by atoms with E-state index in [2.05, 4.69) is 11.3 Å². The summed E-state index contributed by atoms with van der Waals surface area (Å²) >= 11 is 0. The van der Waals surface area contributed by atoms with Gasteiger partial charge < -0.3 is 9.47 Å². The third-order valence-electron chi connectivity index (χ3n) is 3.88. The lowest BCUT2D eigenvalue weighted by atomic mass is 9.82. The number of hydrogen-bond acceptors (Lipinski definition) is 2. The van der Waals surface area contributed by atoms with Crippen LogP contribution in [0.1, 0.15) is 39.5 Å². The molecule has 4 heteroatoms. The summed E-state index contributed by atoms with van der Waals surface area (Å²) in [7, 11) is 1.30. The SMILES string of the molecule is C=CC1CCC(CO/C(C)=C(F)/C(F)=C(\C)OC)CC1. The zero-order valence-corrected chi connectivity index (χ0v) is 12.5. The summed E-state index contributed by atoms with van der Waals surface area (Å²) in [6, 6.07) is 0. The first-order chi connectivity index (χ1) is 9.49. The molecule has 0 aliphatic heterocycles. The summed E-state index contributed by atoms with van der Waals surface area (Å²) in [4.78, 5) is 0. The van der Waals surface area contributed by atoms with Crippen LogP contribution in [0.25, 0.3) is 0 Å². The first kappa shape index (κ1) is 16.7. The molecule has 1 aliphatic carbocycles. The van der Waals surface area contributed by atoms with E-state index in [-0.39, 0.29) is 11.5 Å². The highest BCUT2D eigenvalue weighted by molar-refractivity contribution is 5.23. The van der Waals surface area contributed by atoms with Crippen molar-refractivity contribution in [2.24, 2.45) is 11.8 Å². The minimum atomic E-state index is -1.000. The zero-order valence-electron chi connectivity index (χ0n) is 12.5. The highest BCUT2D eigenvalue weighted by Crippen LogP contribution is 2.30. The minimum Gasteiger partial charge on any atom is -0.498 e. The Morgan fingerprint density at radius 2 is 1.65 bits per heavy atom. The molecule has 1 saturated carbocycles. The lowest BCUT2D eigenvalue weighted by Crippen LogP contribution is -2.17. The summed E-state index contributed by atoms with van der Waals surface area (Å²) in [5.41, 5.74) is 0. The Labute approximate surface area is 120 Å². The molecule has 0 N–H and O–H groups in total. The first-order valence-electron chi connectivity index (χ1n) is 7.02. The number of ether oxygens (including phenoxy) is 2. The first-order valence-corrected chi connectivity index (χ1v) is 7.02. The van der Waals surface area contributed by atoms with E-state index < -0.39 is 11.7 Å². The van der Waals surface area contributed by atoms with Gasteiger partial charge in [0.15, 0.2) is 11.7 Å². The average molecular weight is 286 g/mol. The van der Waals surface area contributed by atoms with Crippen LogP contribution >= 0.6 is 0 Å². The molecule has 0 bridgehead atoms. The molecule has 0 aromatic heterocycles. The van der Waals surface area contributed by atoms with E-state index in [4.69, 9.17) is 4.74 Å². The maximum absolute atomic E-state index is 13.7. The second kappa shape index (κ2) is 8.08. The van der Waals surface area contributed by atoms with Crippen molar-refractivity contribution in [1.82, 2.24) is 0 Å². The molecule has 0 heterocycles. The van der Waals surface area contributed by atoms with Crippen LogP contribution in [0.5, 0.6) is 0 Å². The van der Waals surface area contributed by atoms with Crippen molar-refractivity contribution >= 4 is 0 Å². The predicted molar refractivity (Wildman–Crippen MR) is 76.2 cm³/mol. The quantitative estimate of drug-likeness (QED) is 0.387. The Bertz CT molecular complexity index is 391. The van der Waals surface area contributed by atoms with Crippen LogP contribution in [0.15, 0.2) is 35.8 Å². The molecule has 0 unspecified atom stereocenters.